The second-order valence-corrected chi connectivity index (χ2v) is 5.17. The summed E-state index contributed by atoms with van der Waals surface area (Å²) in [5.41, 5.74) is 1.53. The van der Waals surface area contributed by atoms with Crippen molar-refractivity contribution in [3.8, 4) is 0 Å². The summed E-state index contributed by atoms with van der Waals surface area (Å²) in [6.07, 6.45) is -0.935. The molecule has 0 saturated heterocycles. The van der Waals surface area contributed by atoms with E-state index in [1.54, 1.807) is 12.4 Å². The fourth-order valence-corrected chi connectivity index (χ4v) is 2.04. The van der Waals surface area contributed by atoms with E-state index in [1.807, 2.05) is 13.0 Å². The Morgan fingerprint density at radius 1 is 1.23 bits per heavy atom. The summed E-state index contributed by atoms with van der Waals surface area (Å²) in [5.74, 6) is 0. The Bertz CT molecular complexity index is 671. The van der Waals surface area contributed by atoms with Gasteiger partial charge in [-0.2, -0.15) is 13.2 Å². The molecular formula is C15H14F3N3S. The van der Waals surface area contributed by atoms with Crippen molar-refractivity contribution in [3.05, 3.63) is 59.4 Å². The van der Waals surface area contributed by atoms with Crippen molar-refractivity contribution in [2.24, 2.45) is 0 Å². The average Bonchev–Trinajstić information content (AvgIpc) is 2.45. The highest BCUT2D eigenvalue weighted by Crippen LogP contribution is 2.30. The molecule has 7 heteroatoms. The Morgan fingerprint density at radius 2 is 2.00 bits per heavy atom. The zero-order chi connectivity index (χ0) is 16.2. The van der Waals surface area contributed by atoms with E-state index in [4.69, 9.17) is 12.2 Å². The number of alkyl halides is 3. The molecule has 2 aromatic rings. The summed E-state index contributed by atoms with van der Waals surface area (Å²) in [6.45, 7) is 2.37. The first-order valence-electron chi connectivity index (χ1n) is 6.47. The Hall–Kier alpha value is -2.15. The van der Waals surface area contributed by atoms with Crippen LogP contribution < -0.4 is 10.6 Å². The van der Waals surface area contributed by atoms with Crippen molar-refractivity contribution in [3.63, 3.8) is 0 Å². The molecule has 1 aromatic heterocycles. The lowest BCUT2D eigenvalue weighted by Crippen LogP contribution is -2.28. The molecule has 22 heavy (non-hydrogen) atoms. The maximum Gasteiger partial charge on any atom is 0.416 e. The minimum Gasteiger partial charge on any atom is -0.358 e. The zero-order valence-electron chi connectivity index (χ0n) is 11.7. The van der Waals surface area contributed by atoms with Gasteiger partial charge in [0.1, 0.15) is 0 Å². The fraction of sp³-hybridized carbons (Fsp3) is 0.200. The molecule has 2 N–H and O–H groups in total. The Morgan fingerprint density at radius 3 is 2.68 bits per heavy atom. The summed E-state index contributed by atoms with van der Waals surface area (Å²) in [4.78, 5) is 4.06. The van der Waals surface area contributed by atoms with E-state index < -0.39 is 11.7 Å². The molecule has 0 radical (unpaired) electrons. The number of hydrogen-bond donors (Lipinski definition) is 2. The number of aryl methyl sites for hydroxylation is 1. The number of hydrogen-bond acceptors (Lipinski definition) is 2. The highest BCUT2D eigenvalue weighted by molar-refractivity contribution is 7.80. The lowest BCUT2D eigenvalue weighted by Gasteiger charge is -2.12. The quantitative estimate of drug-likeness (QED) is 0.840. The van der Waals surface area contributed by atoms with Crippen LogP contribution in [0.25, 0.3) is 0 Å². The van der Waals surface area contributed by atoms with Crippen LogP contribution in [-0.4, -0.2) is 10.1 Å². The third-order valence-corrected chi connectivity index (χ3v) is 3.08. The molecule has 0 bridgehead atoms. The largest absolute Gasteiger partial charge is 0.416 e. The molecule has 1 aromatic carbocycles. The van der Waals surface area contributed by atoms with E-state index in [1.165, 1.54) is 12.1 Å². The Labute approximate surface area is 131 Å². The molecule has 0 unspecified atom stereocenters. The molecule has 116 valence electrons. The normalized spacial score (nSPS) is 11.1. The van der Waals surface area contributed by atoms with Gasteiger partial charge < -0.3 is 10.6 Å². The van der Waals surface area contributed by atoms with Crippen LogP contribution in [0.15, 0.2) is 42.7 Å². The molecular weight excluding hydrogens is 311 g/mol. The third-order valence-electron chi connectivity index (χ3n) is 2.83. The summed E-state index contributed by atoms with van der Waals surface area (Å²) >= 11 is 5.08. The fourth-order valence-electron chi connectivity index (χ4n) is 1.85. The predicted molar refractivity (Wildman–Crippen MR) is 83.5 cm³/mol. The van der Waals surface area contributed by atoms with Crippen LogP contribution in [-0.2, 0) is 12.7 Å². The van der Waals surface area contributed by atoms with Crippen molar-refractivity contribution >= 4 is 23.0 Å². The van der Waals surface area contributed by atoms with E-state index in [2.05, 4.69) is 15.6 Å². The van der Waals surface area contributed by atoms with Crippen molar-refractivity contribution in [2.45, 2.75) is 19.6 Å². The molecule has 0 spiro atoms. The van der Waals surface area contributed by atoms with Crippen LogP contribution in [0, 0.1) is 6.92 Å². The van der Waals surface area contributed by atoms with Crippen LogP contribution in [0.4, 0.5) is 18.9 Å². The van der Waals surface area contributed by atoms with Crippen molar-refractivity contribution in [1.82, 2.24) is 10.3 Å². The van der Waals surface area contributed by atoms with E-state index in [0.717, 1.165) is 23.3 Å². The van der Waals surface area contributed by atoms with Gasteiger partial charge in [0.2, 0.25) is 0 Å². The molecule has 0 saturated carbocycles. The molecule has 0 aliphatic heterocycles. The molecule has 0 aliphatic rings. The third kappa shape index (κ3) is 4.70. The van der Waals surface area contributed by atoms with Crippen LogP contribution in [0.2, 0.25) is 0 Å². The van der Waals surface area contributed by atoms with Crippen LogP contribution >= 0.6 is 12.2 Å². The molecule has 0 fully saturated rings. The van der Waals surface area contributed by atoms with Gasteiger partial charge in [-0.25, -0.2) is 0 Å². The van der Waals surface area contributed by atoms with Crippen LogP contribution in [0.5, 0.6) is 0 Å². The average molecular weight is 325 g/mol. The molecule has 1 heterocycles. The van der Waals surface area contributed by atoms with Crippen molar-refractivity contribution in [1.29, 1.82) is 0 Å². The Kier molecular flexibility index (Phi) is 4.97. The second-order valence-electron chi connectivity index (χ2n) is 4.76. The first-order valence-corrected chi connectivity index (χ1v) is 6.88. The Balaban J connectivity index is 1.95. The number of rotatable bonds is 3. The molecule has 2 rings (SSSR count). The maximum absolute atomic E-state index is 12.6. The number of aromatic nitrogens is 1. The first-order chi connectivity index (χ1) is 10.3. The van der Waals surface area contributed by atoms with E-state index >= 15 is 0 Å². The second kappa shape index (κ2) is 6.74. The number of thiocarbonyl (C=S) groups is 1. The monoisotopic (exact) mass is 325 g/mol. The SMILES string of the molecule is Cc1cncc(CNC(=S)Nc2cccc(C(F)(F)F)c2)c1. The van der Waals surface area contributed by atoms with Crippen molar-refractivity contribution in [2.75, 3.05) is 5.32 Å². The lowest BCUT2D eigenvalue weighted by atomic mass is 10.2. The summed E-state index contributed by atoms with van der Waals surface area (Å²) in [7, 11) is 0. The highest BCUT2D eigenvalue weighted by atomic mass is 32.1. The standard InChI is InChI=1S/C15H14F3N3S/c1-10-5-11(8-19-7-10)9-20-14(22)21-13-4-2-3-12(6-13)15(16,17)18/h2-8H,9H2,1H3,(H2,20,21,22). The summed E-state index contributed by atoms with van der Waals surface area (Å²) in [6, 6.07) is 6.84. The van der Waals surface area contributed by atoms with E-state index in [-0.39, 0.29) is 10.8 Å². The highest BCUT2D eigenvalue weighted by Gasteiger charge is 2.30. The zero-order valence-corrected chi connectivity index (χ0v) is 12.6. The molecule has 0 atom stereocenters. The van der Waals surface area contributed by atoms with Crippen LogP contribution in [0.3, 0.4) is 0 Å². The van der Waals surface area contributed by atoms with Gasteiger partial charge in [0.05, 0.1) is 5.56 Å². The molecule has 3 nitrogen and oxygen atoms in total. The van der Waals surface area contributed by atoms with Gasteiger partial charge in [-0.05, 0) is 48.5 Å². The number of nitrogens with zero attached hydrogens (tertiary/aromatic N) is 1. The predicted octanol–water partition coefficient (Wildman–Crippen LogP) is 3.90. The van der Waals surface area contributed by atoms with Gasteiger partial charge in [-0.1, -0.05) is 12.1 Å². The van der Waals surface area contributed by atoms with E-state index in [9.17, 15) is 13.2 Å². The van der Waals surface area contributed by atoms with Gasteiger partial charge in [-0.15, -0.1) is 0 Å². The number of benzene rings is 1. The first kappa shape index (κ1) is 16.2. The number of pyridine rings is 1. The van der Waals surface area contributed by atoms with Gasteiger partial charge in [0.15, 0.2) is 5.11 Å². The number of halogens is 3. The van der Waals surface area contributed by atoms with Gasteiger partial charge in [0, 0.05) is 24.6 Å². The van der Waals surface area contributed by atoms with Crippen LogP contribution in [0.1, 0.15) is 16.7 Å². The lowest BCUT2D eigenvalue weighted by molar-refractivity contribution is -0.137. The van der Waals surface area contributed by atoms with Crippen molar-refractivity contribution < 1.29 is 13.2 Å². The molecule has 0 aliphatic carbocycles. The van der Waals surface area contributed by atoms with E-state index in [0.29, 0.717) is 6.54 Å². The van der Waals surface area contributed by atoms with Gasteiger partial charge in [0.25, 0.3) is 0 Å². The number of anilines is 1. The number of nitrogens with one attached hydrogen (secondary N) is 2. The summed E-state index contributed by atoms with van der Waals surface area (Å²) < 4.78 is 37.9. The topological polar surface area (TPSA) is 37.0 Å². The maximum atomic E-state index is 12.6. The van der Waals surface area contributed by atoms with Gasteiger partial charge in [-0.3, -0.25) is 4.98 Å². The van der Waals surface area contributed by atoms with Gasteiger partial charge >= 0.3 is 6.18 Å². The molecule has 0 amide bonds. The summed E-state index contributed by atoms with van der Waals surface area (Å²) in [5, 5.41) is 5.92. The minimum absolute atomic E-state index is 0.251. The minimum atomic E-state index is -4.38. The smallest absolute Gasteiger partial charge is 0.358 e.